The van der Waals surface area contributed by atoms with E-state index in [-0.39, 0.29) is 6.61 Å². The Bertz CT molecular complexity index is 625. The molecule has 0 aromatic heterocycles. The van der Waals surface area contributed by atoms with Gasteiger partial charge in [0.05, 0.1) is 6.61 Å². The summed E-state index contributed by atoms with van der Waals surface area (Å²) in [4.78, 5) is 2.67. The summed E-state index contributed by atoms with van der Waals surface area (Å²) in [6, 6.07) is 7.18. The van der Waals surface area contributed by atoms with Crippen molar-refractivity contribution in [2.75, 3.05) is 26.3 Å². The molecule has 28 heavy (non-hydrogen) atoms. The van der Waals surface area contributed by atoms with E-state index in [9.17, 15) is 15.3 Å². The Morgan fingerprint density at radius 2 is 1.86 bits per heavy atom. The minimum atomic E-state index is -1.42. The van der Waals surface area contributed by atoms with Gasteiger partial charge >= 0.3 is 0 Å². The maximum atomic E-state index is 10.2. The molecule has 1 aliphatic heterocycles. The maximum Gasteiger partial charge on any atom is 0.229 e. The van der Waals surface area contributed by atoms with Crippen LogP contribution in [0.1, 0.15) is 18.4 Å². The van der Waals surface area contributed by atoms with Crippen LogP contribution in [-0.2, 0) is 15.9 Å². The fourth-order valence-corrected chi connectivity index (χ4v) is 2.82. The largest absolute Gasteiger partial charge is 0.462 e. The minimum Gasteiger partial charge on any atom is -0.462 e. The summed E-state index contributed by atoms with van der Waals surface area (Å²) < 4.78 is 16.7. The second kappa shape index (κ2) is 11.8. The quantitative estimate of drug-likeness (QED) is 0.183. The molecule has 0 unspecified atom stereocenters. The number of nitrogens with zero attached hydrogens (tertiary/aromatic N) is 3. The molecule has 1 aromatic carbocycles. The van der Waals surface area contributed by atoms with E-state index in [1.54, 1.807) is 12.1 Å². The zero-order valence-electron chi connectivity index (χ0n) is 15.6. The van der Waals surface area contributed by atoms with Crippen molar-refractivity contribution < 1.29 is 29.5 Å². The molecule has 156 valence electrons. The van der Waals surface area contributed by atoms with Crippen LogP contribution in [0.15, 0.2) is 29.4 Å². The molecule has 10 heteroatoms. The molecule has 2 rings (SSSR count). The van der Waals surface area contributed by atoms with Gasteiger partial charge in [-0.1, -0.05) is 17.2 Å². The number of hydrogen-bond acceptors (Lipinski definition) is 8. The van der Waals surface area contributed by atoms with E-state index in [1.165, 1.54) is 0 Å². The Morgan fingerprint density at radius 1 is 1.11 bits per heavy atom. The molecule has 0 amide bonds. The zero-order chi connectivity index (χ0) is 20.4. The SMILES string of the molecule is [N-]=[N+]=NCCCCOC[C@H]1O[C@@H](Oc2ccc(CCN)cc2)[C@H](O)[C@@H](O)[C@@H]1O. The number of unbranched alkanes of at least 4 members (excludes halogenated alkanes) is 1. The lowest BCUT2D eigenvalue weighted by atomic mass is 9.99. The highest BCUT2D eigenvalue weighted by Crippen LogP contribution is 2.25. The number of aliphatic hydroxyl groups excluding tert-OH is 3. The first-order valence-corrected chi connectivity index (χ1v) is 9.30. The molecule has 5 N–H and O–H groups in total. The summed E-state index contributed by atoms with van der Waals surface area (Å²) in [7, 11) is 0. The van der Waals surface area contributed by atoms with Gasteiger partial charge in [-0.2, -0.15) is 0 Å². The van der Waals surface area contributed by atoms with Crippen LogP contribution in [0.3, 0.4) is 0 Å². The van der Waals surface area contributed by atoms with Crippen molar-refractivity contribution in [1.29, 1.82) is 0 Å². The summed E-state index contributed by atoms with van der Waals surface area (Å²) in [6.07, 6.45) is -4.00. The Kier molecular flexibility index (Phi) is 9.45. The molecule has 0 spiro atoms. The van der Waals surface area contributed by atoms with Crippen LogP contribution in [-0.4, -0.2) is 72.3 Å². The van der Waals surface area contributed by atoms with Gasteiger partial charge in [0, 0.05) is 18.1 Å². The molecule has 10 nitrogen and oxygen atoms in total. The Hall–Kier alpha value is -1.91. The number of benzene rings is 1. The van der Waals surface area contributed by atoms with Crippen molar-refractivity contribution in [2.45, 2.75) is 50.0 Å². The minimum absolute atomic E-state index is 0.0295. The van der Waals surface area contributed by atoms with Crippen LogP contribution in [0.5, 0.6) is 5.75 Å². The van der Waals surface area contributed by atoms with Gasteiger partial charge in [0.2, 0.25) is 6.29 Å². The number of nitrogens with two attached hydrogens (primary N) is 1. The van der Waals surface area contributed by atoms with E-state index in [0.29, 0.717) is 38.3 Å². The third-order valence-corrected chi connectivity index (χ3v) is 4.42. The monoisotopic (exact) mass is 396 g/mol. The topological polar surface area (TPSA) is 163 Å². The van der Waals surface area contributed by atoms with Gasteiger partial charge in [0.25, 0.3) is 0 Å². The van der Waals surface area contributed by atoms with Crippen LogP contribution in [0.2, 0.25) is 0 Å². The number of hydrogen-bond donors (Lipinski definition) is 4. The van der Waals surface area contributed by atoms with Crippen molar-refractivity contribution in [3.05, 3.63) is 40.3 Å². The van der Waals surface area contributed by atoms with E-state index < -0.39 is 30.7 Å². The molecule has 0 bridgehead atoms. The summed E-state index contributed by atoms with van der Waals surface area (Å²) in [5.74, 6) is 0.464. The van der Waals surface area contributed by atoms with Crippen molar-refractivity contribution in [1.82, 2.24) is 0 Å². The highest BCUT2D eigenvalue weighted by Gasteiger charge is 2.45. The number of aliphatic hydroxyl groups is 3. The Balaban J connectivity index is 1.85. The third-order valence-electron chi connectivity index (χ3n) is 4.42. The number of rotatable bonds is 11. The third kappa shape index (κ3) is 6.61. The fraction of sp³-hybridized carbons (Fsp3) is 0.667. The fourth-order valence-electron chi connectivity index (χ4n) is 2.82. The molecule has 1 fully saturated rings. The second-order valence-electron chi connectivity index (χ2n) is 6.55. The van der Waals surface area contributed by atoms with Crippen molar-refractivity contribution in [3.63, 3.8) is 0 Å². The van der Waals surface area contributed by atoms with Gasteiger partial charge in [-0.25, -0.2) is 0 Å². The second-order valence-corrected chi connectivity index (χ2v) is 6.55. The lowest BCUT2D eigenvalue weighted by molar-refractivity contribution is -0.279. The van der Waals surface area contributed by atoms with Gasteiger partial charge in [0.15, 0.2) is 0 Å². The number of azide groups is 1. The van der Waals surface area contributed by atoms with E-state index >= 15 is 0 Å². The van der Waals surface area contributed by atoms with Crippen molar-refractivity contribution in [2.24, 2.45) is 10.8 Å². The molecule has 0 radical (unpaired) electrons. The summed E-state index contributed by atoms with van der Waals surface area (Å²) in [5.41, 5.74) is 14.8. The predicted octanol–water partition coefficient (Wildman–Crippen LogP) is 0.481. The van der Waals surface area contributed by atoms with Crippen LogP contribution < -0.4 is 10.5 Å². The molecule has 0 saturated carbocycles. The van der Waals surface area contributed by atoms with Crippen LogP contribution in [0.4, 0.5) is 0 Å². The standard InChI is InChI=1S/C18H28N4O6/c19-8-7-12-3-5-13(6-4-12)27-18-17(25)16(24)15(23)14(28-18)11-26-10-2-1-9-21-22-20/h3-6,14-18,23-25H,1-2,7-11,19H2/t14-,15-,16+,17-,18-/m1/s1. The van der Waals surface area contributed by atoms with Gasteiger partial charge in [-0.05, 0) is 49.0 Å². The lowest BCUT2D eigenvalue weighted by Gasteiger charge is -2.40. The first-order chi connectivity index (χ1) is 13.6. The first kappa shape index (κ1) is 22.4. The van der Waals surface area contributed by atoms with Gasteiger partial charge < -0.3 is 35.3 Å². The van der Waals surface area contributed by atoms with Gasteiger partial charge in [-0.15, -0.1) is 0 Å². The average Bonchev–Trinajstić information content (AvgIpc) is 2.70. The molecule has 1 aromatic rings. The molecule has 1 heterocycles. The molecular formula is C18H28N4O6. The first-order valence-electron chi connectivity index (χ1n) is 9.30. The van der Waals surface area contributed by atoms with E-state index in [2.05, 4.69) is 10.0 Å². The summed E-state index contributed by atoms with van der Waals surface area (Å²) in [5, 5.41) is 33.8. The highest BCUT2D eigenvalue weighted by molar-refractivity contribution is 5.27. The average molecular weight is 396 g/mol. The van der Waals surface area contributed by atoms with E-state index in [0.717, 1.165) is 12.0 Å². The highest BCUT2D eigenvalue weighted by atomic mass is 16.7. The molecule has 0 aliphatic carbocycles. The van der Waals surface area contributed by atoms with Crippen LogP contribution in [0.25, 0.3) is 10.4 Å². The summed E-state index contributed by atoms with van der Waals surface area (Å²) >= 11 is 0. The normalized spacial score (nSPS) is 27.2. The van der Waals surface area contributed by atoms with Gasteiger partial charge in [-0.3, -0.25) is 0 Å². The summed E-state index contributed by atoms with van der Waals surface area (Å²) in [6.45, 7) is 1.36. The van der Waals surface area contributed by atoms with E-state index in [4.69, 9.17) is 25.5 Å². The predicted molar refractivity (Wildman–Crippen MR) is 101 cm³/mol. The van der Waals surface area contributed by atoms with Crippen molar-refractivity contribution >= 4 is 0 Å². The van der Waals surface area contributed by atoms with Crippen molar-refractivity contribution in [3.8, 4) is 5.75 Å². The molecule has 1 aliphatic rings. The van der Waals surface area contributed by atoms with Gasteiger partial charge in [0.1, 0.15) is 30.2 Å². The van der Waals surface area contributed by atoms with E-state index in [1.807, 2.05) is 12.1 Å². The lowest BCUT2D eigenvalue weighted by Crippen LogP contribution is -2.60. The van der Waals surface area contributed by atoms with Crippen LogP contribution in [0, 0.1) is 0 Å². The molecular weight excluding hydrogens is 368 g/mol. The molecule has 5 atom stereocenters. The van der Waals surface area contributed by atoms with Crippen LogP contribution >= 0.6 is 0 Å². The Morgan fingerprint density at radius 3 is 2.54 bits per heavy atom. The Labute approximate surface area is 163 Å². The maximum absolute atomic E-state index is 10.2. The molecule has 1 saturated heterocycles. The zero-order valence-corrected chi connectivity index (χ0v) is 15.6. The smallest absolute Gasteiger partial charge is 0.229 e. The number of ether oxygens (including phenoxy) is 3.